The van der Waals surface area contributed by atoms with Crippen molar-refractivity contribution in [2.45, 2.75) is 30.0 Å². The first kappa shape index (κ1) is 25.1. The van der Waals surface area contributed by atoms with Gasteiger partial charge in [-0.05, 0) is 18.1 Å². The standard InChI is InChI=1S/C20H22N8O7S2/c21-20-24-14(26-37-20)11(25-35)15(30)23-12-17(32)28-13(19(33)34)8(6-36-18(12)28)3-7-1-2-27(16(7)31)9-4-22-5-10(9)29/h3,9-10,12,18,22,29,35H,1-2,4-6H2,(H,23,30)(H,33,34)(H2,21,24,26)/b7-3+,25-11-/t9?,10?,12-,18-/m1/s1. The molecule has 0 aliphatic carbocycles. The summed E-state index contributed by atoms with van der Waals surface area (Å²) in [4.78, 5) is 57.1. The summed E-state index contributed by atoms with van der Waals surface area (Å²) in [5, 5.41) is 37.0. The Balaban J connectivity index is 1.33. The number of nitrogen functional groups attached to an aromatic ring is 1. The van der Waals surface area contributed by atoms with E-state index in [1.54, 1.807) is 4.90 Å². The van der Waals surface area contributed by atoms with Crippen molar-refractivity contribution in [1.29, 1.82) is 0 Å². The van der Waals surface area contributed by atoms with Crippen LogP contribution in [0.1, 0.15) is 12.2 Å². The van der Waals surface area contributed by atoms with E-state index in [4.69, 9.17) is 5.73 Å². The molecular formula is C20H22N8O7S2. The third kappa shape index (κ3) is 4.32. The van der Waals surface area contributed by atoms with Gasteiger partial charge < -0.3 is 36.7 Å². The lowest BCUT2D eigenvalue weighted by Crippen LogP contribution is -2.71. The number of thioether (sulfide) groups is 1. The van der Waals surface area contributed by atoms with Crippen LogP contribution in [0.2, 0.25) is 0 Å². The van der Waals surface area contributed by atoms with Crippen molar-refractivity contribution in [2.75, 3.05) is 31.1 Å². The quantitative estimate of drug-likeness (QED) is 0.0712. The number of aliphatic hydroxyl groups excluding tert-OH is 1. The number of aliphatic hydroxyl groups is 1. The monoisotopic (exact) mass is 550 g/mol. The number of nitrogens with zero attached hydrogens (tertiary/aromatic N) is 5. The molecule has 196 valence electrons. The molecule has 37 heavy (non-hydrogen) atoms. The second kappa shape index (κ2) is 9.73. The number of fused-ring (bicyclic) bond motifs is 1. The van der Waals surface area contributed by atoms with E-state index < -0.39 is 41.0 Å². The molecule has 0 saturated carbocycles. The van der Waals surface area contributed by atoms with Gasteiger partial charge in [0, 0.05) is 42.5 Å². The Morgan fingerprint density at radius 2 is 2.08 bits per heavy atom. The zero-order valence-corrected chi connectivity index (χ0v) is 20.7. The molecule has 0 spiro atoms. The minimum atomic E-state index is -1.34. The van der Waals surface area contributed by atoms with Crippen molar-refractivity contribution in [3.63, 3.8) is 0 Å². The number of nitrogens with one attached hydrogen (secondary N) is 2. The first-order chi connectivity index (χ1) is 17.7. The second-order valence-corrected chi connectivity index (χ2v) is 10.5. The van der Waals surface area contributed by atoms with Gasteiger partial charge in [-0.15, -0.1) is 11.8 Å². The van der Waals surface area contributed by atoms with E-state index in [9.17, 15) is 34.6 Å². The molecule has 1 aromatic heterocycles. The van der Waals surface area contributed by atoms with Gasteiger partial charge in [0.25, 0.3) is 11.8 Å². The number of β-lactam (4-membered cyclic amide) rings is 1. The van der Waals surface area contributed by atoms with E-state index in [-0.39, 0.29) is 34.4 Å². The Morgan fingerprint density at radius 1 is 1.30 bits per heavy atom. The molecule has 7 N–H and O–H groups in total. The minimum Gasteiger partial charge on any atom is -0.477 e. The van der Waals surface area contributed by atoms with Gasteiger partial charge in [0.05, 0.1) is 12.1 Å². The number of nitrogens with two attached hydrogens (primary N) is 1. The Labute approximate surface area is 217 Å². The third-order valence-corrected chi connectivity index (χ3v) is 8.36. The van der Waals surface area contributed by atoms with Crippen LogP contribution in [0.5, 0.6) is 0 Å². The van der Waals surface area contributed by atoms with Crippen LogP contribution in [0.25, 0.3) is 0 Å². The number of anilines is 1. The Hall–Kier alpha value is -3.54. The molecule has 4 aliphatic rings. The molecule has 0 radical (unpaired) electrons. The fourth-order valence-electron chi connectivity index (χ4n) is 4.75. The molecule has 17 heteroatoms. The summed E-state index contributed by atoms with van der Waals surface area (Å²) in [6.45, 7) is 1.28. The zero-order valence-electron chi connectivity index (χ0n) is 19.0. The summed E-state index contributed by atoms with van der Waals surface area (Å²) in [5.41, 5.74) is 5.42. The van der Waals surface area contributed by atoms with E-state index in [0.29, 0.717) is 37.2 Å². The van der Waals surface area contributed by atoms with E-state index >= 15 is 0 Å². The van der Waals surface area contributed by atoms with Crippen molar-refractivity contribution < 1.29 is 34.6 Å². The Morgan fingerprint density at radius 3 is 2.70 bits per heavy atom. The van der Waals surface area contributed by atoms with Crippen molar-refractivity contribution in [1.82, 2.24) is 29.8 Å². The molecule has 4 aliphatic heterocycles. The van der Waals surface area contributed by atoms with Gasteiger partial charge in [-0.3, -0.25) is 19.3 Å². The van der Waals surface area contributed by atoms with Gasteiger partial charge in [-0.1, -0.05) is 5.16 Å². The zero-order chi connectivity index (χ0) is 26.4. The van der Waals surface area contributed by atoms with Crippen LogP contribution >= 0.6 is 23.3 Å². The average molecular weight is 551 g/mol. The highest BCUT2D eigenvalue weighted by Crippen LogP contribution is 2.41. The summed E-state index contributed by atoms with van der Waals surface area (Å²) in [6.07, 6.45) is 1.23. The summed E-state index contributed by atoms with van der Waals surface area (Å²) in [5.74, 6) is -3.23. The van der Waals surface area contributed by atoms with E-state index in [1.807, 2.05) is 0 Å². The predicted octanol–water partition coefficient (Wildman–Crippen LogP) is -2.47. The summed E-state index contributed by atoms with van der Waals surface area (Å²) in [6, 6.07) is -1.42. The molecule has 3 fully saturated rings. The highest BCUT2D eigenvalue weighted by Gasteiger charge is 2.54. The fraction of sp³-hybridized carbons (Fsp3) is 0.450. The molecule has 15 nitrogen and oxygen atoms in total. The lowest BCUT2D eigenvalue weighted by molar-refractivity contribution is -0.150. The van der Waals surface area contributed by atoms with Crippen molar-refractivity contribution >= 4 is 57.8 Å². The van der Waals surface area contributed by atoms with E-state index in [1.165, 1.54) is 17.8 Å². The molecule has 5 rings (SSSR count). The normalized spacial score (nSPS) is 29.1. The van der Waals surface area contributed by atoms with Crippen LogP contribution in [-0.2, 0) is 19.2 Å². The van der Waals surface area contributed by atoms with Crippen molar-refractivity contribution in [3.8, 4) is 0 Å². The summed E-state index contributed by atoms with van der Waals surface area (Å²) >= 11 is 2.02. The van der Waals surface area contributed by atoms with Gasteiger partial charge in [-0.25, -0.2) is 4.79 Å². The number of amides is 3. The van der Waals surface area contributed by atoms with Gasteiger partial charge >= 0.3 is 5.97 Å². The molecule has 0 aromatic carbocycles. The number of rotatable bonds is 6. The molecule has 1 aromatic rings. The van der Waals surface area contributed by atoms with Gasteiger partial charge in [-0.2, -0.15) is 9.36 Å². The average Bonchev–Trinajstić information content (AvgIpc) is 3.58. The van der Waals surface area contributed by atoms with Crippen LogP contribution in [0.4, 0.5) is 5.13 Å². The molecule has 4 atom stereocenters. The maximum absolute atomic E-state index is 13.0. The maximum atomic E-state index is 13.0. The number of β-amino-alcohol motifs (C(OH)–C–C–N with tert-alkyl or cyclic N) is 1. The Kier molecular flexibility index (Phi) is 6.61. The van der Waals surface area contributed by atoms with Gasteiger partial charge in [0.15, 0.2) is 5.13 Å². The van der Waals surface area contributed by atoms with Crippen molar-refractivity contribution in [3.05, 3.63) is 28.7 Å². The molecule has 5 heterocycles. The van der Waals surface area contributed by atoms with Crippen LogP contribution in [0, 0.1) is 0 Å². The first-order valence-electron chi connectivity index (χ1n) is 11.1. The predicted molar refractivity (Wildman–Crippen MR) is 129 cm³/mol. The van der Waals surface area contributed by atoms with Gasteiger partial charge in [0.2, 0.25) is 17.4 Å². The number of oxime groups is 1. The largest absolute Gasteiger partial charge is 0.477 e. The first-order valence-corrected chi connectivity index (χ1v) is 13.0. The molecule has 3 amide bonds. The topological polar surface area (TPSA) is 224 Å². The molecule has 3 saturated heterocycles. The van der Waals surface area contributed by atoms with Crippen molar-refractivity contribution in [2.24, 2.45) is 5.16 Å². The summed E-state index contributed by atoms with van der Waals surface area (Å²) < 4.78 is 3.81. The number of likely N-dealkylation sites (tertiary alicyclic amines) is 1. The maximum Gasteiger partial charge on any atom is 0.352 e. The van der Waals surface area contributed by atoms with E-state index in [0.717, 1.165) is 16.4 Å². The lowest BCUT2D eigenvalue weighted by atomic mass is 10.0. The van der Waals surface area contributed by atoms with Gasteiger partial charge in [0.1, 0.15) is 17.1 Å². The highest BCUT2D eigenvalue weighted by molar-refractivity contribution is 8.00. The number of hydrogen-bond donors (Lipinski definition) is 6. The molecule has 2 unspecified atom stereocenters. The third-order valence-electron chi connectivity index (χ3n) is 6.51. The second-order valence-electron chi connectivity index (χ2n) is 8.66. The van der Waals surface area contributed by atoms with Crippen LogP contribution in [0.3, 0.4) is 0 Å². The number of aliphatic carboxylic acids is 1. The number of carboxylic acid groups (broad SMARTS) is 1. The molecular weight excluding hydrogens is 528 g/mol. The lowest BCUT2D eigenvalue weighted by Gasteiger charge is -2.49. The van der Waals surface area contributed by atoms with Crippen LogP contribution in [0.15, 0.2) is 28.1 Å². The smallest absolute Gasteiger partial charge is 0.352 e. The van der Waals surface area contributed by atoms with Crippen LogP contribution in [-0.4, -0.2) is 113 Å². The number of allylic oxidation sites excluding steroid dienone is 1. The number of carbonyl (C=O) groups is 4. The van der Waals surface area contributed by atoms with E-state index in [2.05, 4.69) is 25.1 Å². The Bertz CT molecular complexity index is 1280. The van der Waals surface area contributed by atoms with Crippen LogP contribution < -0.4 is 16.4 Å². The number of carboxylic acids is 1. The highest BCUT2D eigenvalue weighted by atomic mass is 32.2. The fourth-order valence-corrected chi connectivity index (χ4v) is 6.49. The number of hydrogen-bond acceptors (Lipinski definition) is 13. The number of carbonyl (C=O) groups excluding carboxylic acids is 3. The summed E-state index contributed by atoms with van der Waals surface area (Å²) in [7, 11) is 0. The molecule has 0 bridgehead atoms. The number of aromatic nitrogens is 2. The SMILES string of the molecule is Nc1nc(/C(=N/O)C(=O)N[C@@H]2C(=O)N3C(C(=O)O)=C(/C=C4\CCN(C5CNCC5O)C4=O)CS[C@H]23)ns1. The minimum absolute atomic E-state index is 0.0514.